The van der Waals surface area contributed by atoms with Gasteiger partial charge in [0.05, 0.1) is 12.2 Å². The summed E-state index contributed by atoms with van der Waals surface area (Å²) < 4.78 is 5.06. The average molecular weight is 334 g/mol. The highest BCUT2D eigenvalue weighted by Gasteiger charge is 2.13. The fraction of sp³-hybridized carbons (Fsp3) is 0.278. The summed E-state index contributed by atoms with van der Waals surface area (Å²) in [5.41, 5.74) is 0.685. The van der Waals surface area contributed by atoms with E-state index in [1.165, 1.54) is 24.3 Å². The molecule has 122 valence electrons. The van der Waals surface area contributed by atoms with Gasteiger partial charge in [0.1, 0.15) is 5.75 Å². The molecule has 0 radical (unpaired) electrons. The maximum Gasteiger partial charge on any atom is 0.539 e. The molecule has 3 rings (SSSR count). The number of rotatable bonds is 4. The molecule has 0 aromatic heterocycles. The molecule has 2 aromatic rings. The lowest BCUT2D eigenvalue weighted by Crippen LogP contribution is -2.28. The standard InChI is InChI=1S/C15H14ClNO3.C3H6/c1-2-17(13-8-6-7-12(16)11-13)20-15(18)19-14-9-4-3-5-10-14;1-2-3-1/h3-11H,2H2,1H3;1-3H2. The van der Waals surface area contributed by atoms with E-state index in [0.29, 0.717) is 23.0 Å². The van der Waals surface area contributed by atoms with Crippen molar-refractivity contribution in [2.24, 2.45) is 0 Å². The Morgan fingerprint density at radius 3 is 2.35 bits per heavy atom. The molecule has 0 atom stereocenters. The van der Waals surface area contributed by atoms with Crippen molar-refractivity contribution in [1.29, 1.82) is 0 Å². The summed E-state index contributed by atoms with van der Waals surface area (Å²) in [4.78, 5) is 16.9. The zero-order valence-electron chi connectivity index (χ0n) is 13.1. The average Bonchev–Trinajstić information content (AvgIpc) is 3.42. The smallest absolute Gasteiger partial charge is 0.393 e. The third-order valence-electron chi connectivity index (χ3n) is 2.87. The van der Waals surface area contributed by atoms with Gasteiger partial charge in [-0.2, -0.15) is 0 Å². The number of hydrogen-bond acceptors (Lipinski definition) is 4. The normalized spacial score (nSPS) is 11.7. The number of nitrogens with zero attached hydrogens (tertiary/aromatic N) is 1. The van der Waals surface area contributed by atoms with Gasteiger partial charge in [-0.3, -0.25) is 0 Å². The van der Waals surface area contributed by atoms with Crippen LogP contribution in [0.2, 0.25) is 5.02 Å². The molecule has 0 bridgehead atoms. The second kappa shape index (κ2) is 9.06. The zero-order valence-corrected chi connectivity index (χ0v) is 13.8. The molecule has 0 amide bonds. The minimum atomic E-state index is -0.793. The molecular weight excluding hydrogens is 314 g/mol. The van der Waals surface area contributed by atoms with Crippen LogP contribution < -0.4 is 9.80 Å². The van der Waals surface area contributed by atoms with E-state index in [4.69, 9.17) is 21.2 Å². The van der Waals surface area contributed by atoms with Crippen molar-refractivity contribution in [3.63, 3.8) is 0 Å². The summed E-state index contributed by atoms with van der Waals surface area (Å²) in [6.07, 6.45) is 3.71. The fourth-order valence-electron chi connectivity index (χ4n) is 1.62. The lowest BCUT2D eigenvalue weighted by molar-refractivity contribution is 0.0886. The van der Waals surface area contributed by atoms with Crippen LogP contribution in [0.15, 0.2) is 54.6 Å². The SMILES string of the molecule is C1CC1.CCN(OC(=O)Oc1ccccc1)c1cccc(Cl)c1. The Kier molecular flexibility index (Phi) is 6.76. The molecule has 0 N–H and O–H groups in total. The van der Waals surface area contributed by atoms with Gasteiger partial charge in [0, 0.05) is 5.02 Å². The number of hydroxylamine groups is 1. The van der Waals surface area contributed by atoms with Crippen LogP contribution in [0.5, 0.6) is 5.75 Å². The van der Waals surface area contributed by atoms with Crippen LogP contribution in [0.4, 0.5) is 10.5 Å². The molecule has 23 heavy (non-hydrogen) atoms. The molecule has 5 heteroatoms. The summed E-state index contributed by atoms with van der Waals surface area (Å²) in [7, 11) is 0. The summed E-state index contributed by atoms with van der Waals surface area (Å²) >= 11 is 5.91. The van der Waals surface area contributed by atoms with Crippen molar-refractivity contribution < 1.29 is 14.4 Å². The molecule has 0 spiro atoms. The molecule has 1 saturated carbocycles. The zero-order chi connectivity index (χ0) is 16.5. The summed E-state index contributed by atoms with van der Waals surface area (Å²) in [5, 5.41) is 1.98. The van der Waals surface area contributed by atoms with Crippen molar-refractivity contribution >= 4 is 23.4 Å². The minimum Gasteiger partial charge on any atom is -0.393 e. The lowest BCUT2D eigenvalue weighted by atomic mass is 10.3. The highest BCUT2D eigenvalue weighted by molar-refractivity contribution is 6.30. The Labute approximate surface area is 141 Å². The minimum absolute atomic E-state index is 0.430. The summed E-state index contributed by atoms with van der Waals surface area (Å²) in [5.74, 6) is 0.430. The summed E-state index contributed by atoms with van der Waals surface area (Å²) in [6, 6.07) is 15.8. The maximum atomic E-state index is 11.7. The molecule has 1 aliphatic rings. The topological polar surface area (TPSA) is 38.8 Å². The van der Waals surface area contributed by atoms with Crippen molar-refractivity contribution in [3.05, 3.63) is 59.6 Å². The number of carbonyl (C=O) groups is 1. The molecule has 0 aliphatic heterocycles. The predicted octanol–water partition coefficient (Wildman–Crippen LogP) is 5.47. The maximum absolute atomic E-state index is 11.7. The number of carbonyl (C=O) groups excluding carboxylic acids is 1. The quantitative estimate of drug-likeness (QED) is 0.422. The number of halogens is 1. The van der Waals surface area contributed by atoms with E-state index in [-0.39, 0.29) is 0 Å². The molecule has 2 aromatic carbocycles. The molecule has 0 saturated heterocycles. The highest BCUT2D eigenvalue weighted by atomic mass is 35.5. The van der Waals surface area contributed by atoms with Crippen LogP contribution in [0.1, 0.15) is 26.2 Å². The number of para-hydroxylation sites is 1. The molecule has 1 fully saturated rings. The first-order valence-corrected chi connectivity index (χ1v) is 8.05. The fourth-order valence-corrected chi connectivity index (χ4v) is 1.81. The van der Waals surface area contributed by atoms with Gasteiger partial charge in [0.25, 0.3) is 0 Å². The van der Waals surface area contributed by atoms with Crippen LogP contribution in [-0.4, -0.2) is 12.7 Å². The van der Waals surface area contributed by atoms with Crippen molar-refractivity contribution in [2.45, 2.75) is 26.2 Å². The van der Waals surface area contributed by atoms with Crippen molar-refractivity contribution in [2.75, 3.05) is 11.6 Å². The highest BCUT2D eigenvalue weighted by Crippen LogP contribution is 2.20. The van der Waals surface area contributed by atoms with Gasteiger partial charge in [-0.15, -0.1) is 0 Å². The lowest BCUT2D eigenvalue weighted by Gasteiger charge is -2.20. The van der Waals surface area contributed by atoms with Gasteiger partial charge >= 0.3 is 6.16 Å². The van der Waals surface area contributed by atoms with Gasteiger partial charge < -0.3 is 9.57 Å². The van der Waals surface area contributed by atoms with Crippen LogP contribution in [0, 0.1) is 0 Å². The first kappa shape index (κ1) is 17.2. The van der Waals surface area contributed by atoms with E-state index in [1.807, 2.05) is 13.0 Å². The number of hydrogen-bond donors (Lipinski definition) is 0. The van der Waals surface area contributed by atoms with Gasteiger partial charge in [-0.25, -0.2) is 9.86 Å². The van der Waals surface area contributed by atoms with E-state index in [2.05, 4.69) is 0 Å². The van der Waals surface area contributed by atoms with Crippen LogP contribution >= 0.6 is 11.6 Å². The largest absolute Gasteiger partial charge is 0.539 e. The first-order chi connectivity index (χ1) is 11.2. The van der Waals surface area contributed by atoms with Gasteiger partial charge in [0.15, 0.2) is 0 Å². The van der Waals surface area contributed by atoms with E-state index < -0.39 is 6.16 Å². The molecule has 1 aliphatic carbocycles. The van der Waals surface area contributed by atoms with E-state index in [1.54, 1.807) is 48.5 Å². The van der Waals surface area contributed by atoms with Crippen LogP contribution in [-0.2, 0) is 4.84 Å². The first-order valence-electron chi connectivity index (χ1n) is 7.67. The Hall–Kier alpha value is -2.20. The van der Waals surface area contributed by atoms with Crippen LogP contribution in [0.3, 0.4) is 0 Å². The molecular formula is C18H20ClNO3. The van der Waals surface area contributed by atoms with E-state index in [9.17, 15) is 4.79 Å². The van der Waals surface area contributed by atoms with Gasteiger partial charge in [-0.05, 0) is 37.3 Å². The predicted molar refractivity (Wildman–Crippen MR) is 91.9 cm³/mol. The van der Waals surface area contributed by atoms with Crippen molar-refractivity contribution in [1.82, 2.24) is 0 Å². The van der Waals surface area contributed by atoms with E-state index in [0.717, 1.165) is 0 Å². The Bertz CT molecular complexity index is 614. The number of anilines is 1. The Morgan fingerprint density at radius 1 is 1.09 bits per heavy atom. The monoisotopic (exact) mass is 333 g/mol. The Morgan fingerprint density at radius 2 is 1.78 bits per heavy atom. The Balaban J connectivity index is 0.000000572. The third kappa shape index (κ3) is 6.61. The van der Waals surface area contributed by atoms with Gasteiger partial charge in [-0.1, -0.05) is 55.1 Å². The van der Waals surface area contributed by atoms with Gasteiger partial charge in [0.2, 0.25) is 0 Å². The molecule has 0 heterocycles. The second-order valence-electron chi connectivity index (χ2n) is 4.99. The van der Waals surface area contributed by atoms with E-state index >= 15 is 0 Å². The summed E-state index contributed by atoms with van der Waals surface area (Å²) in [6.45, 7) is 2.33. The van der Waals surface area contributed by atoms with Crippen LogP contribution in [0.25, 0.3) is 0 Å². The van der Waals surface area contributed by atoms with Crippen molar-refractivity contribution in [3.8, 4) is 5.75 Å². The molecule has 0 unspecified atom stereocenters. The molecule has 4 nitrogen and oxygen atoms in total. The number of benzene rings is 2. The third-order valence-corrected chi connectivity index (χ3v) is 3.10. The number of ether oxygens (including phenoxy) is 1. The second-order valence-corrected chi connectivity index (χ2v) is 5.43.